The Hall–Kier alpha value is -5.86. The predicted molar refractivity (Wildman–Crippen MR) is 167 cm³/mol. The van der Waals surface area contributed by atoms with Crippen molar-refractivity contribution in [3.8, 4) is 0 Å². The van der Waals surface area contributed by atoms with Crippen LogP contribution in [0.4, 0.5) is 25.0 Å². The zero-order valence-electron chi connectivity index (χ0n) is 25.0. The van der Waals surface area contributed by atoms with Gasteiger partial charge in [-0.05, 0) is 17.7 Å². The Morgan fingerprint density at radius 2 is 1.74 bits per heavy atom. The van der Waals surface area contributed by atoms with E-state index in [1.807, 2.05) is 30.3 Å². The Bertz CT molecular complexity index is 1790. The van der Waals surface area contributed by atoms with Crippen molar-refractivity contribution < 1.29 is 32.7 Å². The zero-order chi connectivity index (χ0) is 32.9. The lowest BCUT2D eigenvalue weighted by molar-refractivity contribution is -0.130. The fourth-order valence-corrected chi connectivity index (χ4v) is 5.34. The lowest BCUT2D eigenvalue weighted by atomic mass is 10.2. The number of carbonyl (C=O) groups is 4. The van der Waals surface area contributed by atoms with E-state index >= 15 is 8.78 Å². The van der Waals surface area contributed by atoms with Crippen molar-refractivity contribution in [3.63, 3.8) is 0 Å². The van der Waals surface area contributed by atoms with Crippen molar-refractivity contribution in [2.75, 3.05) is 55.6 Å². The molecule has 13 nitrogen and oxygen atoms in total. The third kappa shape index (κ3) is 7.19. The van der Waals surface area contributed by atoms with E-state index < -0.39 is 29.7 Å². The number of hydrogen-bond donors (Lipinski definition) is 2. The number of benzene rings is 2. The highest BCUT2D eigenvalue weighted by Crippen LogP contribution is 2.31. The van der Waals surface area contributed by atoms with Gasteiger partial charge >= 0.3 is 6.09 Å². The molecule has 2 N–H and O–H groups in total. The zero-order valence-corrected chi connectivity index (χ0v) is 25.0. The molecule has 0 spiro atoms. The van der Waals surface area contributed by atoms with Gasteiger partial charge in [0.05, 0.1) is 25.3 Å². The highest BCUT2D eigenvalue weighted by molar-refractivity contribution is 5.95. The van der Waals surface area contributed by atoms with Crippen LogP contribution in [0.25, 0.3) is 11.9 Å². The van der Waals surface area contributed by atoms with Gasteiger partial charge in [-0.25, -0.2) is 23.5 Å². The van der Waals surface area contributed by atoms with E-state index in [-0.39, 0.29) is 74.7 Å². The molecule has 0 bridgehead atoms. The number of aromatic nitrogens is 3. The van der Waals surface area contributed by atoms with Gasteiger partial charge in [-0.2, -0.15) is 0 Å². The molecule has 0 aliphatic carbocycles. The summed E-state index contributed by atoms with van der Waals surface area (Å²) in [5.41, 5.74) is 0.685. The number of piperazine rings is 1. The van der Waals surface area contributed by atoms with Gasteiger partial charge in [-0.1, -0.05) is 30.3 Å². The van der Waals surface area contributed by atoms with E-state index in [0.29, 0.717) is 5.78 Å². The number of fused-ring (bicyclic) bond motifs is 1. The van der Waals surface area contributed by atoms with Gasteiger partial charge in [0.2, 0.25) is 17.6 Å². The van der Waals surface area contributed by atoms with Crippen LogP contribution in [-0.2, 0) is 14.3 Å². The second-order valence-electron chi connectivity index (χ2n) is 10.9. The molecular formula is C32H30F2N8O5. The fourth-order valence-electron chi connectivity index (χ4n) is 5.34. The van der Waals surface area contributed by atoms with E-state index in [0.717, 1.165) is 22.6 Å². The van der Waals surface area contributed by atoms with Crippen LogP contribution >= 0.6 is 0 Å². The lowest BCUT2D eigenvalue weighted by Crippen LogP contribution is -2.51. The normalized spacial score (nSPS) is 16.5. The number of carbonyl (C=O) groups excluding carboxylic acids is 4. The first-order valence-electron chi connectivity index (χ1n) is 14.8. The minimum Gasteiger partial charge on any atom is -0.442 e. The molecule has 4 heterocycles. The first-order chi connectivity index (χ1) is 22.7. The molecule has 4 aromatic rings. The molecule has 2 aromatic carbocycles. The number of amides is 4. The van der Waals surface area contributed by atoms with E-state index in [2.05, 4.69) is 20.6 Å². The van der Waals surface area contributed by atoms with E-state index in [1.165, 1.54) is 22.1 Å². The molecule has 2 aliphatic heterocycles. The number of cyclic esters (lactones) is 1. The van der Waals surface area contributed by atoms with Crippen molar-refractivity contribution in [3.05, 3.63) is 96.1 Å². The van der Waals surface area contributed by atoms with Gasteiger partial charge in [0.25, 0.3) is 5.91 Å². The molecule has 4 amide bonds. The summed E-state index contributed by atoms with van der Waals surface area (Å²) in [7, 11) is 0. The smallest absolute Gasteiger partial charge is 0.414 e. The Labute approximate surface area is 267 Å². The maximum absolute atomic E-state index is 15.3. The Morgan fingerprint density at radius 3 is 2.47 bits per heavy atom. The van der Waals surface area contributed by atoms with Crippen LogP contribution in [0.3, 0.4) is 0 Å². The molecule has 2 aromatic heterocycles. The Kier molecular flexibility index (Phi) is 9.04. The summed E-state index contributed by atoms with van der Waals surface area (Å²) in [6.07, 6.45) is 6.27. The molecule has 0 saturated carbocycles. The summed E-state index contributed by atoms with van der Waals surface area (Å²) < 4.78 is 37.5. The van der Waals surface area contributed by atoms with E-state index in [9.17, 15) is 19.2 Å². The average molecular weight is 645 g/mol. The average Bonchev–Trinajstić information content (AvgIpc) is 3.69. The first kappa shape index (κ1) is 31.1. The molecule has 242 valence electrons. The van der Waals surface area contributed by atoms with E-state index in [1.54, 1.807) is 28.9 Å². The minimum absolute atomic E-state index is 0.00883. The lowest BCUT2D eigenvalue weighted by Gasteiger charge is -2.36. The van der Waals surface area contributed by atoms with Crippen molar-refractivity contribution in [2.24, 2.45) is 0 Å². The maximum Gasteiger partial charge on any atom is 0.414 e. The molecule has 2 fully saturated rings. The molecule has 2 aliphatic rings. The summed E-state index contributed by atoms with van der Waals surface area (Å²) in [5.74, 6) is -2.64. The van der Waals surface area contributed by atoms with Gasteiger partial charge < -0.3 is 25.2 Å². The van der Waals surface area contributed by atoms with Crippen LogP contribution in [0.2, 0.25) is 0 Å². The quantitative estimate of drug-likeness (QED) is 0.265. The number of rotatable bonds is 9. The van der Waals surface area contributed by atoms with Crippen molar-refractivity contribution in [1.82, 2.24) is 29.9 Å². The maximum atomic E-state index is 15.3. The molecule has 0 radical (unpaired) electrons. The van der Waals surface area contributed by atoms with Gasteiger partial charge in [0.15, 0.2) is 11.6 Å². The number of halogens is 2. The first-order valence-corrected chi connectivity index (χ1v) is 14.8. The number of hydrogen-bond acceptors (Lipinski definition) is 8. The third-order valence-electron chi connectivity index (χ3n) is 7.74. The summed E-state index contributed by atoms with van der Waals surface area (Å²) in [5, 5.41) is 5.21. The van der Waals surface area contributed by atoms with Crippen LogP contribution in [-0.4, -0.2) is 95.0 Å². The summed E-state index contributed by atoms with van der Waals surface area (Å²) in [4.78, 5) is 62.2. The number of anilines is 2. The monoisotopic (exact) mass is 644 g/mol. The van der Waals surface area contributed by atoms with Crippen LogP contribution in [0, 0.1) is 11.6 Å². The molecular weight excluding hydrogens is 614 g/mol. The van der Waals surface area contributed by atoms with Crippen LogP contribution in [0.5, 0.6) is 0 Å². The molecule has 47 heavy (non-hydrogen) atoms. The third-order valence-corrected chi connectivity index (χ3v) is 7.74. The van der Waals surface area contributed by atoms with Crippen molar-refractivity contribution in [2.45, 2.75) is 6.10 Å². The van der Waals surface area contributed by atoms with Gasteiger partial charge in [-0.15, -0.1) is 0 Å². The van der Waals surface area contributed by atoms with Crippen molar-refractivity contribution >= 4 is 47.0 Å². The number of ether oxygens (including phenoxy) is 1. The second kappa shape index (κ2) is 13.6. The van der Waals surface area contributed by atoms with Crippen LogP contribution < -0.4 is 20.4 Å². The predicted octanol–water partition coefficient (Wildman–Crippen LogP) is 2.24. The largest absolute Gasteiger partial charge is 0.442 e. The highest BCUT2D eigenvalue weighted by atomic mass is 19.1. The summed E-state index contributed by atoms with van der Waals surface area (Å²) >= 11 is 0. The number of nitrogens with zero attached hydrogens (tertiary/aromatic N) is 6. The van der Waals surface area contributed by atoms with Gasteiger partial charge in [0.1, 0.15) is 17.5 Å². The molecule has 1 atom stereocenters. The Balaban J connectivity index is 0.989. The topological polar surface area (TPSA) is 141 Å². The molecule has 15 heteroatoms. The SMILES string of the molecule is O=C(/C=C/c1ccccc1)NC[C@H]1CN(c2cc(F)c(N3CCN(C(=O)CNC(=O)c4cn5cccnc5n4)CC3)c(F)c2)C(=O)O1. The van der Waals surface area contributed by atoms with Crippen molar-refractivity contribution in [1.29, 1.82) is 0 Å². The fraction of sp³-hybridized carbons (Fsp3) is 0.250. The summed E-state index contributed by atoms with van der Waals surface area (Å²) in [6, 6.07) is 13.1. The number of nitrogens with one attached hydrogen (secondary N) is 2. The molecule has 2 saturated heterocycles. The molecule has 6 rings (SSSR count). The van der Waals surface area contributed by atoms with Crippen LogP contribution in [0.15, 0.2) is 73.2 Å². The number of imidazole rings is 1. The standard InChI is InChI=1S/C32H30F2N8O5/c33-24-15-22(42-19-23(47-32(42)46)17-36-27(43)8-7-21-5-2-1-3-6-21)16-25(34)29(24)40-13-11-39(12-14-40)28(44)18-37-30(45)26-20-41-10-4-9-35-31(41)38-26/h1-10,15-16,20,23H,11-14,17-19H2,(H,36,43)(H,37,45)/b8-7+/t23-/m0/s1. The Morgan fingerprint density at radius 1 is 1.00 bits per heavy atom. The van der Waals surface area contributed by atoms with Gasteiger partial charge in [-0.3, -0.25) is 23.7 Å². The van der Waals surface area contributed by atoms with Gasteiger partial charge in [0, 0.05) is 63.0 Å². The summed E-state index contributed by atoms with van der Waals surface area (Å²) in [6.45, 7) is 0.409. The minimum atomic E-state index is -0.871. The van der Waals surface area contributed by atoms with Crippen LogP contribution in [0.1, 0.15) is 16.1 Å². The molecule has 0 unspecified atom stereocenters. The highest BCUT2D eigenvalue weighted by Gasteiger charge is 2.34. The van der Waals surface area contributed by atoms with E-state index in [4.69, 9.17) is 4.74 Å². The second-order valence-corrected chi connectivity index (χ2v) is 10.9.